The van der Waals surface area contributed by atoms with Crippen LogP contribution in [0.25, 0.3) is 0 Å². The number of ether oxygens (including phenoxy) is 1. The molecule has 0 fully saturated rings. The molecule has 69 heavy (non-hydrogen) atoms. The first-order chi connectivity index (χ1) is 33.4. The van der Waals surface area contributed by atoms with Gasteiger partial charge in [0.1, 0.15) is 19.3 Å². The Morgan fingerprint density at radius 2 is 0.942 bits per heavy atom. The van der Waals surface area contributed by atoms with Crippen LogP contribution in [0, 0.1) is 0 Å². The molecule has 3 unspecified atom stereocenters. The van der Waals surface area contributed by atoms with Gasteiger partial charge in [0, 0.05) is 12.8 Å². The van der Waals surface area contributed by atoms with Crippen LogP contribution in [0.15, 0.2) is 72.9 Å². The summed E-state index contributed by atoms with van der Waals surface area (Å²) in [6, 6.07) is -0.927. The van der Waals surface area contributed by atoms with Gasteiger partial charge in [-0.05, 0) is 63.9 Å². The Bertz CT molecular complexity index is 1420. The molecule has 10 heteroatoms. The van der Waals surface area contributed by atoms with Crippen LogP contribution in [0.3, 0.4) is 0 Å². The molecule has 0 aliphatic rings. The fourth-order valence-corrected chi connectivity index (χ4v) is 8.53. The molecule has 1 N–H and O–H groups in total. The second kappa shape index (κ2) is 49.0. The number of esters is 1. The SMILES string of the molecule is CC/C=C/C/C=C/C/C=C/C/C=C/C/C=C/CCC(=O)NC(COP(=O)([O-])OCC[N+](C)(C)C)C(/C=C/CCCCCCCCCCCC)OC(=O)CCCCCCCCCCCCCCCCC. The molecule has 9 nitrogen and oxygen atoms in total. The van der Waals surface area contributed by atoms with Gasteiger partial charge < -0.3 is 28.5 Å². The molecule has 0 radical (unpaired) electrons. The van der Waals surface area contributed by atoms with Crippen molar-refractivity contribution < 1.29 is 37.3 Å². The van der Waals surface area contributed by atoms with E-state index in [1.807, 2.05) is 45.4 Å². The van der Waals surface area contributed by atoms with Crippen LogP contribution in [-0.2, 0) is 27.9 Å². The van der Waals surface area contributed by atoms with E-state index in [1.165, 1.54) is 128 Å². The van der Waals surface area contributed by atoms with E-state index in [9.17, 15) is 19.0 Å². The highest BCUT2D eigenvalue weighted by molar-refractivity contribution is 7.45. The van der Waals surface area contributed by atoms with Gasteiger partial charge in [-0.25, -0.2) is 0 Å². The molecule has 0 aromatic rings. The van der Waals surface area contributed by atoms with E-state index >= 15 is 0 Å². The number of carbonyl (C=O) groups excluding carboxylic acids is 2. The third-order valence-corrected chi connectivity index (χ3v) is 13.1. The number of phosphoric ester groups is 1. The van der Waals surface area contributed by atoms with Crippen molar-refractivity contribution in [2.45, 2.75) is 251 Å². The summed E-state index contributed by atoms with van der Waals surface area (Å²) >= 11 is 0. The number of likely N-dealkylation sites (N-methyl/N-ethyl adjacent to an activating group) is 1. The number of amides is 1. The monoisotopic (exact) mass is 987 g/mol. The molecule has 0 heterocycles. The number of nitrogens with one attached hydrogen (secondary N) is 1. The lowest BCUT2D eigenvalue weighted by atomic mass is 10.0. The first-order valence-electron chi connectivity index (χ1n) is 28.2. The van der Waals surface area contributed by atoms with Crippen LogP contribution < -0.4 is 10.2 Å². The second-order valence-electron chi connectivity index (χ2n) is 20.1. The second-order valence-corrected chi connectivity index (χ2v) is 21.5. The quantitative estimate of drug-likeness (QED) is 0.0212. The third kappa shape index (κ3) is 50.2. The Balaban J connectivity index is 5.47. The van der Waals surface area contributed by atoms with Crippen LogP contribution in [0.5, 0.6) is 0 Å². The van der Waals surface area contributed by atoms with Crippen LogP contribution in [0.2, 0.25) is 0 Å². The van der Waals surface area contributed by atoms with Gasteiger partial charge >= 0.3 is 5.97 Å². The van der Waals surface area contributed by atoms with E-state index in [0.29, 0.717) is 17.4 Å². The van der Waals surface area contributed by atoms with E-state index in [0.717, 1.165) is 70.6 Å². The van der Waals surface area contributed by atoms with E-state index in [4.69, 9.17) is 13.8 Å². The maximum absolute atomic E-state index is 13.4. The lowest BCUT2D eigenvalue weighted by Crippen LogP contribution is -2.47. The van der Waals surface area contributed by atoms with E-state index in [-0.39, 0.29) is 31.3 Å². The summed E-state index contributed by atoms with van der Waals surface area (Å²) in [7, 11) is 1.14. The van der Waals surface area contributed by atoms with Crippen molar-refractivity contribution >= 4 is 19.7 Å². The smallest absolute Gasteiger partial charge is 0.306 e. The molecular formula is C59H107N2O7P. The van der Waals surface area contributed by atoms with Crippen molar-refractivity contribution in [1.29, 1.82) is 0 Å². The van der Waals surface area contributed by atoms with E-state index < -0.39 is 26.6 Å². The highest BCUT2D eigenvalue weighted by Gasteiger charge is 2.27. The summed E-state index contributed by atoms with van der Waals surface area (Å²) in [5.74, 6) is -0.636. The molecule has 0 aromatic carbocycles. The predicted octanol–water partition coefficient (Wildman–Crippen LogP) is 16.3. The van der Waals surface area contributed by atoms with E-state index in [1.54, 1.807) is 0 Å². The zero-order valence-electron chi connectivity index (χ0n) is 45.5. The number of phosphoric acid groups is 1. The topological polar surface area (TPSA) is 114 Å². The van der Waals surface area contributed by atoms with Gasteiger partial charge in [0.25, 0.3) is 7.82 Å². The van der Waals surface area contributed by atoms with Gasteiger partial charge in [-0.15, -0.1) is 0 Å². The van der Waals surface area contributed by atoms with E-state index in [2.05, 4.69) is 74.7 Å². The highest BCUT2D eigenvalue weighted by atomic mass is 31.2. The zero-order valence-corrected chi connectivity index (χ0v) is 46.4. The molecule has 0 bridgehead atoms. The molecule has 0 saturated heterocycles. The molecule has 0 aromatic heterocycles. The van der Waals surface area contributed by atoms with Crippen molar-refractivity contribution in [3.63, 3.8) is 0 Å². The summed E-state index contributed by atoms with van der Waals surface area (Å²) in [6.45, 7) is 6.66. The fourth-order valence-electron chi connectivity index (χ4n) is 7.80. The molecule has 0 saturated carbocycles. The number of allylic oxidation sites excluding steroid dienone is 11. The van der Waals surface area contributed by atoms with Crippen molar-refractivity contribution in [2.75, 3.05) is 40.9 Å². The maximum atomic E-state index is 13.4. The van der Waals surface area contributed by atoms with Gasteiger partial charge in [-0.2, -0.15) is 0 Å². The minimum atomic E-state index is -4.71. The van der Waals surface area contributed by atoms with Gasteiger partial charge in [0.15, 0.2) is 0 Å². The average molecular weight is 987 g/mol. The Morgan fingerprint density at radius 1 is 0.522 bits per heavy atom. The number of unbranched alkanes of at least 4 members (excludes halogenated alkanes) is 24. The number of quaternary nitrogens is 1. The Kier molecular flexibility index (Phi) is 47.2. The summed E-state index contributed by atoms with van der Waals surface area (Å²) in [5, 5.41) is 2.97. The van der Waals surface area contributed by atoms with Gasteiger partial charge in [0.2, 0.25) is 5.91 Å². The molecule has 0 spiro atoms. The number of rotatable bonds is 50. The van der Waals surface area contributed by atoms with Gasteiger partial charge in [-0.3, -0.25) is 14.2 Å². The minimum Gasteiger partial charge on any atom is -0.756 e. The Morgan fingerprint density at radius 3 is 1.39 bits per heavy atom. The average Bonchev–Trinajstić information content (AvgIpc) is 3.31. The zero-order chi connectivity index (χ0) is 50.8. The summed E-state index contributed by atoms with van der Waals surface area (Å²) in [5.41, 5.74) is 0. The third-order valence-electron chi connectivity index (χ3n) is 12.2. The lowest BCUT2D eigenvalue weighted by molar-refractivity contribution is -0.870. The first kappa shape index (κ1) is 66.5. The summed E-state index contributed by atoms with van der Waals surface area (Å²) in [4.78, 5) is 39.8. The number of hydrogen-bond donors (Lipinski definition) is 1. The summed E-state index contributed by atoms with van der Waals surface area (Å²) < 4.78 is 30.2. The number of hydrogen-bond acceptors (Lipinski definition) is 7. The standard InChI is InChI=1S/C59H107N2O7P/c1-7-10-13-16-19-22-25-28-30-32-33-36-39-42-45-48-51-58(62)60-56(55-67-69(64,65)66-54-53-61(4,5)6)57(50-47-44-41-38-35-27-24-21-18-15-12-9-3)68-59(63)52-49-46-43-40-37-34-31-29-26-23-20-17-14-11-8-2/h10,13,19,22,28,30,33,36,42,45,47,50,56-57H,7-9,11-12,14-18,20-21,23-27,29,31-32,34-35,37-41,43-44,46,48-49,51-55H2,1-6H3,(H-,60,62,64,65)/b13-10+,22-19+,30-28+,36-33+,45-42+,50-47+. The molecular weight excluding hydrogens is 880 g/mol. The molecule has 0 aliphatic carbocycles. The van der Waals surface area contributed by atoms with Crippen molar-refractivity contribution in [2.24, 2.45) is 0 Å². The molecule has 0 rings (SSSR count). The fraction of sp³-hybridized carbons (Fsp3) is 0.763. The van der Waals surface area contributed by atoms with Crippen LogP contribution in [0.1, 0.15) is 239 Å². The minimum absolute atomic E-state index is 0.0367. The van der Waals surface area contributed by atoms with Crippen LogP contribution in [0.4, 0.5) is 0 Å². The normalized spacial score (nSPS) is 14.4. The van der Waals surface area contributed by atoms with Crippen molar-refractivity contribution in [3.05, 3.63) is 72.9 Å². The molecule has 1 amide bonds. The lowest BCUT2D eigenvalue weighted by Gasteiger charge is -2.30. The molecule has 400 valence electrons. The molecule has 0 aliphatic heterocycles. The largest absolute Gasteiger partial charge is 0.756 e. The highest BCUT2D eigenvalue weighted by Crippen LogP contribution is 2.38. The molecule has 3 atom stereocenters. The Labute approximate surface area is 425 Å². The van der Waals surface area contributed by atoms with Crippen LogP contribution >= 0.6 is 7.82 Å². The number of nitrogens with zero attached hydrogens (tertiary/aromatic N) is 1. The van der Waals surface area contributed by atoms with Gasteiger partial charge in [0.05, 0.1) is 33.8 Å². The maximum Gasteiger partial charge on any atom is 0.306 e. The van der Waals surface area contributed by atoms with Crippen molar-refractivity contribution in [1.82, 2.24) is 5.32 Å². The Hall–Kier alpha value is -2.55. The number of carbonyl (C=O) groups is 2. The summed E-state index contributed by atoms with van der Waals surface area (Å²) in [6.07, 6.45) is 61.7. The predicted molar refractivity (Wildman–Crippen MR) is 293 cm³/mol. The first-order valence-corrected chi connectivity index (χ1v) is 29.7. The van der Waals surface area contributed by atoms with Crippen LogP contribution in [-0.4, -0.2) is 69.4 Å². The van der Waals surface area contributed by atoms with Gasteiger partial charge in [-0.1, -0.05) is 235 Å². The van der Waals surface area contributed by atoms with Crippen molar-refractivity contribution in [3.8, 4) is 0 Å².